The van der Waals surface area contributed by atoms with Crippen LogP contribution in [0.25, 0.3) is 0 Å². The molecule has 2 rings (SSSR count). The molecule has 0 heterocycles. The number of anilines is 1. The average molecular weight is 343 g/mol. The Morgan fingerprint density at radius 1 is 1.08 bits per heavy atom. The lowest BCUT2D eigenvalue weighted by atomic mass is 9.87. The fraction of sp³-hybridized carbons (Fsp3) is 0.350. The molecule has 0 radical (unpaired) electrons. The van der Waals surface area contributed by atoms with Crippen molar-refractivity contribution >= 4 is 23.4 Å². The number of para-hydroxylation sites is 1. The van der Waals surface area contributed by atoms with Gasteiger partial charge < -0.3 is 10.1 Å². The fourth-order valence-corrected chi connectivity index (χ4v) is 2.83. The summed E-state index contributed by atoms with van der Waals surface area (Å²) in [6.07, 6.45) is 1.42. The summed E-state index contributed by atoms with van der Waals surface area (Å²) in [5.41, 5.74) is 2.15. The minimum absolute atomic E-state index is 0.100. The lowest BCUT2D eigenvalue weighted by molar-refractivity contribution is -0.122. The highest BCUT2D eigenvalue weighted by atomic mass is 32.2. The van der Waals surface area contributed by atoms with Gasteiger partial charge >= 0.3 is 0 Å². The summed E-state index contributed by atoms with van der Waals surface area (Å²) in [4.78, 5) is 13.4. The Labute approximate surface area is 148 Å². The molecule has 2 aromatic carbocycles. The van der Waals surface area contributed by atoms with E-state index in [2.05, 4.69) is 26.1 Å². The number of carbonyl (C=O) groups is 1. The van der Waals surface area contributed by atoms with Crippen molar-refractivity contribution in [2.75, 3.05) is 11.6 Å². The van der Waals surface area contributed by atoms with E-state index < -0.39 is 6.10 Å². The van der Waals surface area contributed by atoms with E-state index >= 15 is 0 Å². The summed E-state index contributed by atoms with van der Waals surface area (Å²) in [7, 11) is 0. The van der Waals surface area contributed by atoms with Crippen LogP contribution in [-0.4, -0.2) is 18.3 Å². The smallest absolute Gasteiger partial charge is 0.265 e. The molecule has 128 valence electrons. The van der Waals surface area contributed by atoms with E-state index in [1.807, 2.05) is 54.8 Å². The Balaban J connectivity index is 2.01. The van der Waals surface area contributed by atoms with E-state index in [0.29, 0.717) is 5.75 Å². The molecular weight excluding hydrogens is 318 g/mol. The van der Waals surface area contributed by atoms with E-state index in [9.17, 15) is 4.79 Å². The van der Waals surface area contributed by atoms with Crippen LogP contribution in [0.1, 0.15) is 33.3 Å². The molecule has 0 saturated carbocycles. The van der Waals surface area contributed by atoms with Gasteiger partial charge in [-0.1, -0.05) is 45.0 Å². The molecule has 3 nitrogen and oxygen atoms in total. The molecule has 0 spiro atoms. The molecule has 1 unspecified atom stereocenters. The molecule has 1 N–H and O–H groups in total. The minimum Gasteiger partial charge on any atom is -0.481 e. The first-order chi connectivity index (χ1) is 11.3. The van der Waals surface area contributed by atoms with Gasteiger partial charge in [0.25, 0.3) is 5.91 Å². The summed E-state index contributed by atoms with van der Waals surface area (Å²) < 4.78 is 5.77. The Kier molecular flexibility index (Phi) is 5.94. The van der Waals surface area contributed by atoms with E-state index in [4.69, 9.17) is 4.74 Å². The summed E-state index contributed by atoms with van der Waals surface area (Å²) >= 11 is 1.60. The molecule has 2 aromatic rings. The second-order valence-corrected chi connectivity index (χ2v) is 7.57. The summed E-state index contributed by atoms with van der Waals surface area (Å²) in [6.45, 7) is 8.26. The molecule has 0 aliphatic heterocycles. The number of amides is 1. The van der Waals surface area contributed by atoms with Crippen molar-refractivity contribution in [2.24, 2.45) is 0 Å². The number of carbonyl (C=O) groups excluding carboxylic acids is 1. The summed E-state index contributed by atoms with van der Waals surface area (Å²) in [6, 6.07) is 15.7. The third-order valence-corrected chi connectivity index (χ3v) is 4.56. The van der Waals surface area contributed by atoms with E-state index in [0.717, 1.165) is 10.6 Å². The third kappa shape index (κ3) is 4.78. The van der Waals surface area contributed by atoms with Gasteiger partial charge in [0.2, 0.25) is 0 Å². The molecule has 0 aromatic heterocycles. The van der Waals surface area contributed by atoms with Crippen LogP contribution in [-0.2, 0) is 10.2 Å². The van der Waals surface area contributed by atoms with Crippen LogP contribution in [0.15, 0.2) is 53.4 Å². The molecule has 0 aliphatic rings. The topological polar surface area (TPSA) is 38.3 Å². The van der Waals surface area contributed by atoms with Gasteiger partial charge in [-0.05, 0) is 48.4 Å². The Morgan fingerprint density at radius 3 is 2.29 bits per heavy atom. The number of hydrogen-bond acceptors (Lipinski definition) is 3. The highest BCUT2D eigenvalue weighted by molar-refractivity contribution is 7.98. The van der Waals surface area contributed by atoms with Gasteiger partial charge in [0, 0.05) is 4.90 Å². The number of hydrogen-bond donors (Lipinski definition) is 1. The van der Waals surface area contributed by atoms with Crippen molar-refractivity contribution in [3.8, 4) is 5.75 Å². The molecule has 0 saturated heterocycles. The SMILES string of the molecule is CSc1ccccc1NC(=O)C(C)Oc1ccc(C(C)(C)C)cc1. The molecule has 0 aliphatic carbocycles. The molecule has 0 bridgehead atoms. The zero-order valence-electron chi connectivity index (χ0n) is 14.9. The standard InChI is InChI=1S/C20H25NO2S/c1-14(19(22)21-17-8-6-7-9-18(17)24-5)23-16-12-10-15(11-13-16)20(2,3)4/h6-14H,1-5H3,(H,21,22). The maximum Gasteiger partial charge on any atom is 0.265 e. The first-order valence-electron chi connectivity index (χ1n) is 8.02. The van der Waals surface area contributed by atoms with Gasteiger partial charge in [0.1, 0.15) is 5.75 Å². The molecule has 1 amide bonds. The van der Waals surface area contributed by atoms with Gasteiger partial charge in [-0.25, -0.2) is 0 Å². The first-order valence-corrected chi connectivity index (χ1v) is 9.25. The van der Waals surface area contributed by atoms with Gasteiger partial charge in [0.05, 0.1) is 5.69 Å². The maximum absolute atomic E-state index is 12.4. The van der Waals surface area contributed by atoms with Crippen LogP contribution in [0.2, 0.25) is 0 Å². The normalized spacial score (nSPS) is 12.5. The highest BCUT2D eigenvalue weighted by Gasteiger charge is 2.17. The van der Waals surface area contributed by atoms with Crippen molar-refractivity contribution in [3.05, 3.63) is 54.1 Å². The lowest BCUT2D eigenvalue weighted by Gasteiger charge is -2.20. The number of thioether (sulfide) groups is 1. The highest BCUT2D eigenvalue weighted by Crippen LogP contribution is 2.26. The van der Waals surface area contributed by atoms with Gasteiger partial charge in [-0.15, -0.1) is 11.8 Å². The number of ether oxygens (including phenoxy) is 1. The minimum atomic E-state index is -0.569. The molecule has 4 heteroatoms. The predicted octanol–water partition coefficient (Wildman–Crippen LogP) is 5.11. The van der Waals surface area contributed by atoms with Crippen molar-refractivity contribution in [2.45, 2.75) is 44.1 Å². The molecule has 24 heavy (non-hydrogen) atoms. The summed E-state index contributed by atoms with van der Waals surface area (Å²) in [5, 5.41) is 2.93. The van der Waals surface area contributed by atoms with Crippen molar-refractivity contribution in [1.29, 1.82) is 0 Å². The second-order valence-electron chi connectivity index (χ2n) is 6.72. The predicted molar refractivity (Wildman–Crippen MR) is 102 cm³/mol. The van der Waals surface area contributed by atoms with E-state index in [1.165, 1.54) is 5.56 Å². The van der Waals surface area contributed by atoms with E-state index in [-0.39, 0.29) is 11.3 Å². The molecule has 0 fully saturated rings. The van der Waals surface area contributed by atoms with Gasteiger partial charge in [-0.3, -0.25) is 4.79 Å². The third-order valence-electron chi connectivity index (χ3n) is 3.77. The largest absolute Gasteiger partial charge is 0.481 e. The van der Waals surface area contributed by atoms with E-state index in [1.54, 1.807) is 18.7 Å². The van der Waals surface area contributed by atoms with Gasteiger partial charge in [-0.2, -0.15) is 0 Å². The van der Waals surface area contributed by atoms with Crippen LogP contribution < -0.4 is 10.1 Å². The number of nitrogens with one attached hydrogen (secondary N) is 1. The number of rotatable bonds is 5. The molecular formula is C20H25NO2S. The van der Waals surface area contributed by atoms with Crippen LogP contribution in [0.5, 0.6) is 5.75 Å². The first kappa shape index (κ1) is 18.4. The second kappa shape index (κ2) is 7.75. The zero-order valence-corrected chi connectivity index (χ0v) is 15.7. The fourth-order valence-electron chi connectivity index (χ4n) is 2.27. The Hall–Kier alpha value is -1.94. The van der Waals surface area contributed by atoms with Crippen molar-refractivity contribution in [1.82, 2.24) is 0 Å². The van der Waals surface area contributed by atoms with Gasteiger partial charge in [0.15, 0.2) is 6.10 Å². The summed E-state index contributed by atoms with van der Waals surface area (Å²) in [5.74, 6) is 0.542. The van der Waals surface area contributed by atoms with Crippen LogP contribution in [0.4, 0.5) is 5.69 Å². The monoisotopic (exact) mass is 343 g/mol. The average Bonchev–Trinajstić information content (AvgIpc) is 2.55. The van der Waals surface area contributed by atoms with Crippen LogP contribution in [0, 0.1) is 0 Å². The maximum atomic E-state index is 12.4. The Bertz CT molecular complexity index is 690. The molecule has 1 atom stereocenters. The number of benzene rings is 2. The quantitative estimate of drug-likeness (QED) is 0.767. The van der Waals surface area contributed by atoms with Crippen molar-refractivity contribution < 1.29 is 9.53 Å². The zero-order chi connectivity index (χ0) is 17.7. The Morgan fingerprint density at radius 2 is 1.71 bits per heavy atom. The van der Waals surface area contributed by atoms with Crippen LogP contribution >= 0.6 is 11.8 Å². The van der Waals surface area contributed by atoms with Crippen molar-refractivity contribution in [3.63, 3.8) is 0 Å². The lowest BCUT2D eigenvalue weighted by Crippen LogP contribution is -2.30. The van der Waals surface area contributed by atoms with Crippen LogP contribution in [0.3, 0.4) is 0 Å².